The SMILES string of the molecule is C=CCN(C(=O)c1ccc(Cl)c(S(=O)(=O)NCC2CCCO2)c1)C1CCS(=O)(=O)C1. The summed E-state index contributed by atoms with van der Waals surface area (Å²) in [5.74, 6) is -0.565. The largest absolute Gasteiger partial charge is 0.377 e. The lowest BCUT2D eigenvalue weighted by Crippen LogP contribution is -2.41. The van der Waals surface area contributed by atoms with Crippen molar-refractivity contribution in [1.82, 2.24) is 9.62 Å². The average Bonchev–Trinajstić information content (AvgIpc) is 3.33. The van der Waals surface area contributed by atoms with Gasteiger partial charge < -0.3 is 9.64 Å². The second kappa shape index (κ2) is 9.35. The van der Waals surface area contributed by atoms with Crippen molar-refractivity contribution in [3.8, 4) is 0 Å². The zero-order valence-electron chi connectivity index (χ0n) is 16.4. The molecular formula is C19H25ClN2O6S2. The van der Waals surface area contributed by atoms with E-state index in [9.17, 15) is 21.6 Å². The highest BCUT2D eigenvalue weighted by Gasteiger charge is 2.35. The van der Waals surface area contributed by atoms with Gasteiger partial charge in [0.2, 0.25) is 10.0 Å². The number of carbonyl (C=O) groups excluding carboxylic acids is 1. The molecule has 2 aliphatic rings. The Morgan fingerprint density at radius 3 is 2.73 bits per heavy atom. The van der Waals surface area contributed by atoms with Crippen molar-refractivity contribution in [2.45, 2.75) is 36.3 Å². The van der Waals surface area contributed by atoms with Gasteiger partial charge in [-0.3, -0.25) is 4.79 Å². The van der Waals surface area contributed by atoms with Gasteiger partial charge in [-0.15, -0.1) is 6.58 Å². The molecule has 166 valence electrons. The van der Waals surface area contributed by atoms with Crippen molar-refractivity contribution < 1.29 is 26.4 Å². The van der Waals surface area contributed by atoms with Crippen LogP contribution >= 0.6 is 11.6 Å². The topological polar surface area (TPSA) is 110 Å². The number of ether oxygens (including phenoxy) is 1. The molecule has 2 fully saturated rings. The van der Waals surface area contributed by atoms with Crippen LogP contribution in [0.25, 0.3) is 0 Å². The molecular weight excluding hydrogens is 452 g/mol. The number of nitrogens with zero attached hydrogens (tertiary/aromatic N) is 1. The molecule has 0 spiro atoms. The van der Waals surface area contributed by atoms with Gasteiger partial charge in [0.1, 0.15) is 4.90 Å². The molecule has 0 aromatic heterocycles. The van der Waals surface area contributed by atoms with Crippen LogP contribution in [0.2, 0.25) is 5.02 Å². The van der Waals surface area contributed by atoms with E-state index in [1.165, 1.54) is 29.2 Å². The first-order valence-electron chi connectivity index (χ1n) is 9.66. The number of rotatable bonds is 8. The number of sulfonamides is 1. The number of benzene rings is 1. The van der Waals surface area contributed by atoms with Crippen molar-refractivity contribution in [2.24, 2.45) is 0 Å². The third-order valence-corrected chi connectivity index (χ3v) is 8.88. The van der Waals surface area contributed by atoms with Crippen molar-refractivity contribution in [2.75, 3.05) is 31.2 Å². The van der Waals surface area contributed by atoms with Gasteiger partial charge in [-0.05, 0) is 37.5 Å². The lowest BCUT2D eigenvalue weighted by molar-refractivity contribution is 0.0720. The quantitative estimate of drug-likeness (QED) is 0.571. The molecule has 2 saturated heterocycles. The summed E-state index contributed by atoms with van der Waals surface area (Å²) in [6, 6.07) is 3.53. The van der Waals surface area contributed by atoms with Gasteiger partial charge >= 0.3 is 0 Å². The van der Waals surface area contributed by atoms with Crippen LogP contribution in [-0.2, 0) is 24.6 Å². The minimum atomic E-state index is -3.96. The summed E-state index contributed by atoms with van der Waals surface area (Å²) in [5.41, 5.74) is 0.114. The number of halogens is 1. The summed E-state index contributed by atoms with van der Waals surface area (Å²) in [6.07, 6.45) is 3.32. The zero-order valence-corrected chi connectivity index (χ0v) is 18.8. The molecule has 2 aliphatic heterocycles. The molecule has 0 saturated carbocycles. The monoisotopic (exact) mass is 476 g/mol. The maximum atomic E-state index is 13.1. The van der Waals surface area contributed by atoms with Crippen LogP contribution in [0.3, 0.4) is 0 Å². The molecule has 2 heterocycles. The molecule has 2 unspecified atom stereocenters. The van der Waals surface area contributed by atoms with E-state index in [1.54, 1.807) is 0 Å². The Labute approximate surface area is 182 Å². The fraction of sp³-hybridized carbons (Fsp3) is 0.526. The van der Waals surface area contributed by atoms with E-state index < -0.39 is 31.8 Å². The van der Waals surface area contributed by atoms with E-state index >= 15 is 0 Å². The van der Waals surface area contributed by atoms with Gasteiger partial charge in [0, 0.05) is 31.3 Å². The second-order valence-corrected chi connectivity index (χ2v) is 11.8. The average molecular weight is 477 g/mol. The Hall–Kier alpha value is -1.46. The number of amides is 1. The van der Waals surface area contributed by atoms with E-state index in [2.05, 4.69) is 11.3 Å². The fourth-order valence-electron chi connectivity index (χ4n) is 3.65. The Morgan fingerprint density at radius 1 is 1.37 bits per heavy atom. The first kappa shape index (κ1) is 23.2. The van der Waals surface area contributed by atoms with Crippen molar-refractivity contribution in [3.05, 3.63) is 41.4 Å². The maximum Gasteiger partial charge on any atom is 0.254 e. The summed E-state index contributed by atoms with van der Waals surface area (Å²) >= 11 is 6.12. The predicted molar refractivity (Wildman–Crippen MR) is 114 cm³/mol. The minimum Gasteiger partial charge on any atom is -0.377 e. The van der Waals surface area contributed by atoms with Crippen LogP contribution in [0.4, 0.5) is 0 Å². The molecule has 1 N–H and O–H groups in total. The highest BCUT2D eigenvalue weighted by atomic mass is 35.5. The number of hydrogen-bond acceptors (Lipinski definition) is 6. The molecule has 8 nitrogen and oxygen atoms in total. The number of nitrogens with one attached hydrogen (secondary N) is 1. The molecule has 0 aliphatic carbocycles. The van der Waals surface area contributed by atoms with Crippen molar-refractivity contribution in [1.29, 1.82) is 0 Å². The van der Waals surface area contributed by atoms with Gasteiger partial charge in [0.15, 0.2) is 9.84 Å². The molecule has 0 radical (unpaired) electrons. The van der Waals surface area contributed by atoms with Crippen LogP contribution in [-0.4, -0.2) is 71.0 Å². The van der Waals surface area contributed by atoms with E-state index in [4.69, 9.17) is 16.3 Å². The number of hydrogen-bond donors (Lipinski definition) is 1. The molecule has 11 heteroatoms. The van der Waals surface area contributed by atoms with Crippen LogP contribution in [0.15, 0.2) is 35.7 Å². The summed E-state index contributed by atoms with van der Waals surface area (Å²) in [5, 5.41) is -0.00916. The summed E-state index contributed by atoms with van der Waals surface area (Å²) in [7, 11) is -7.15. The standard InChI is InChI=1S/C19H25ClN2O6S2/c1-2-8-22(15-7-10-29(24,25)13-15)19(23)14-5-6-17(20)18(11-14)30(26,27)21-12-16-4-3-9-28-16/h2,5-6,11,15-16,21H,1,3-4,7-10,12-13H2. The van der Waals surface area contributed by atoms with Crippen LogP contribution in [0.5, 0.6) is 0 Å². The summed E-state index contributed by atoms with van der Waals surface area (Å²) in [6.45, 7) is 4.52. The first-order chi connectivity index (χ1) is 14.1. The Bertz CT molecular complexity index is 1020. The number of sulfone groups is 1. The highest BCUT2D eigenvalue weighted by molar-refractivity contribution is 7.91. The molecule has 1 amide bonds. The van der Waals surface area contributed by atoms with E-state index in [0.717, 1.165) is 12.8 Å². The third-order valence-electron chi connectivity index (χ3n) is 5.23. The fourth-order valence-corrected chi connectivity index (χ4v) is 6.97. The Kier molecular flexibility index (Phi) is 7.24. The molecule has 3 rings (SSSR count). The van der Waals surface area contributed by atoms with Crippen molar-refractivity contribution in [3.63, 3.8) is 0 Å². The highest BCUT2D eigenvalue weighted by Crippen LogP contribution is 2.26. The number of carbonyl (C=O) groups is 1. The maximum absolute atomic E-state index is 13.1. The van der Waals surface area contributed by atoms with Crippen LogP contribution in [0, 0.1) is 0 Å². The molecule has 0 bridgehead atoms. The first-order valence-corrected chi connectivity index (χ1v) is 13.3. The lowest BCUT2D eigenvalue weighted by atomic mass is 10.1. The molecule has 1 aromatic rings. The van der Waals surface area contributed by atoms with Gasteiger partial charge in [-0.1, -0.05) is 17.7 Å². The van der Waals surface area contributed by atoms with Crippen LogP contribution < -0.4 is 4.72 Å². The summed E-state index contributed by atoms with van der Waals surface area (Å²) < 4.78 is 57.1. The van der Waals surface area contributed by atoms with E-state index in [-0.39, 0.29) is 46.2 Å². The molecule has 30 heavy (non-hydrogen) atoms. The molecule has 1 aromatic carbocycles. The smallest absolute Gasteiger partial charge is 0.254 e. The third kappa shape index (κ3) is 5.42. The van der Waals surface area contributed by atoms with E-state index in [0.29, 0.717) is 13.0 Å². The Morgan fingerprint density at radius 2 is 2.13 bits per heavy atom. The summed E-state index contributed by atoms with van der Waals surface area (Å²) in [4.78, 5) is 14.3. The Balaban J connectivity index is 1.83. The van der Waals surface area contributed by atoms with E-state index in [1.807, 2.05) is 0 Å². The molecule has 2 atom stereocenters. The zero-order chi connectivity index (χ0) is 21.9. The van der Waals surface area contributed by atoms with Crippen LogP contribution in [0.1, 0.15) is 29.6 Å². The lowest BCUT2D eigenvalue weighted by Gasteiger charge is -2.27. The van der Waals surface area contributed by atoms with Gasteiger partial charge in [-0.25, -0.2) is 21.6 Å². The normalized spacial score (nSPS) is 23.4. The van der Waals surface area contributed by atoms with Gasteiger partial charge in [-0.2, -0.15) is 0 Å². The minimum absolute atomic E-state index is 0.00916. The van der Waals surface area contributed by atoms with Gasteiger partial charge in [0.25, 0.3) is 5.91 Å². The second-order valence-electron chi connectivity index (χ2n) is 7.44. The predicted octanol–water partition coefficient (Wildman–Crippen LogP) is 1.61. The van der Waals surface area contributed by atoms with Crippen molar-refractivity contribution >= 4 is 37.4 Å². The van der Waals surface area contributed by atoms with Gasteiger partial charge in [0.05, 0.1) is 22.6 Å².